The SMILES string of the molecule is Cc1cn(CCCN(Cc2ccccc2-c2ccc3c(c2Cl)Cc2ncccc2CC3)C(=O)C2CNCCN2)cn1. The smallest absolute Gasteiger partial charge is 0.241 e. The van der Waals surface area contributed by atoms with Gasteiger partial charge in [-0.3, -0.25) is 9.78 Å². The zero-order valence-electron chi connectivity index (χ0n) is 23.6. The van der Waals surface area contributed by atoms with Crippen molar-refractivity contribution in [2.45, 2.75) is 51.7 Å². The molecule has 4 aromatic rings. The van der Waals surface area contributed by atoms with E-state index in [9.17, 15) is 4.79 Å². The highest BCUT2D eigenvalue weighted by Gasteiger charge is 2.27. The first-order valence-electron chi connectivity index (χ1n) is 14.6. The molecular weight excluding hydrogens is 532 g/mol. The van der Waals surface area contributed by atoms with Gasteiger partial charge in [-0.2, -0.15) is 0 Å². The Bertz CT molecular complexity index is 1530. The van der Waals surface area contributed by atoms with Crippen LogP contribution in [0.15, 0.2) is 67.3 Å². The highest BCUT2D eigenvalue weighted by molar-refractivity contribution is 6.34. The van der Waals surface area contributed by atoms with Gasteiger partial charge in [-0.05, 0) is 60.1 Å². The summed E-state index contributed by atoms with van der Waals surface area (Å²) >= 11 is 7.21. The number of amides is 1. The fraction of sp³-hybridized carbons (Fsp3) is 0.364. The molecule has 2 N–H and O–H groups in total. The van der Waals surface area contributed by atoms with Gasteiger partial charge in [0.2, 0.25) is 5.91 Å². The Balaban J connectivity index is 1.28. The van der Waals surface area contributed by atoms with E-state index in [1.807, 2.05) is 42.7 Å². The van der Waals surface area contributed by atoms with E-state index in [0.717, 1.165) is 84.0 Å². The summed E-state index contributed by atoms with van der Waals surface area (Å²) in [6.45, 7) is 6.30. The maximum Gasteiger partial charge on any atom is 0.241 e. The van der Waals surface area contributed by atoms with Crippen LogP contribution < -0.4 is 10.6 Å². The largest absolute Gasteiger partial charge is 0.337 e. The lowest BCUT2D eigenvalue weighted by molar-refractivity contribution is -0.134. The Kier molecular flexibility index (Phi) is 8.46. The van der Waals surface area contributed by atoms with E-state index in [1.54, 1.807) is 0 Å². The van der Waals surface area contributed by atoms with E-state index in [-0.39, 0.29) is 11.9 Å². The van der Waals surface area contributed by atoms with Crippen LogP contribution in [0, 0.1) is 6.92 Å². The highest BCUT2D eigenvalue weighted by Crippen LogP contribution is 2.38. The summed E-state index contributed by atoms with van der Waals surface area (Å²) < 4.78 is 2.09. The third kappa shape index (κ3) is 6.22. The monoisotopic (exact) mass is 568 g/mol. The van der Waals surface area contributed by atoms with Crippen LogP contribution in [-0.4, -0.2) is 57.6 Å². The Morgan fingerprint density at radius 1 is 1.05 bits per heavy atom. The molecule has 3 heterocycles. The summed E-state index contributed by atoms with van der Waals surface area (Å²) in [5, 5.41) is 7.56. The number of fused-ring (bicyclic) bond motifs is 2. The first kappa shape index (κ1) is 27.6. The minimum absolute atomic E-state index is 0.129. The number of nitrogens with one attached hydrogen (secondary N) is 2. The number of hydrogen-bond acceptors (Lipinski definition) is 5. The lowest BCUT2D eigenvalue weighted by Crippen LogP contribution is -2.56. The van der Waals surface area contributed by atoms with Crippen molar-refractivity contribution < 1.29 is 4.79 Å². The molecule has 1 fully saturated rings. The molecule has 8 heteroatoms. The summed E-state index contributed by atoms with van der Waals surface area (Å²) in [7, 11) is 0. The van der Waals surface area contributed by atoms with Crippen LogP contribution in [0.2, 0.25) is 5.02 Å². The van der Waals surface area contributed by atoms with Crippen molar-refractivity contribution in [3.63, 3.8) is 0 Å². The Morgan fingerprint density at radius 3 is 2.76 bits per heavy atom. The zero-order valence-corrected chi connectivity index (χ0v) is 24.3. The van der Waals surface area contributed by atoms with E-state index in [1.165, 1.54) is 11.1 Å². The molecule has 0 bridgehead atoms. The molecule has 1 unspecified atom stereocenters. The quantitative estimate of drug-likeness (QED) is 0.325. The summed E-state index contributed by atoms with van der Waals surface area (Å²) in [5.41, 5.74) is 9.04. The van der Waals surface area contributed by atoms with Crippen molar-refractivity contribution in [2.24, 2.45) is 0 Å². The number of aryl methyl sites for hydroxylation is 4. The van der Waals surface area contributed by atoms with Crippen molar-refractivity contribution in [1.29, 1.82) is 0 Å². The number of benzene rings is 2. The summed E-state index contributed by atoms with van der Waals surface area (Å²) in [5.74, 6) is 0.129. The Morgan fingerprint density at radius 2 is 1.93 bits per heavy atom. The molecule has 1 aliphatic carbocycles. The molecule has 6 rings (SSSR count). The molecular formula is C33H37ClN6O. The average molecular weight is 569 g/mol. The minimum atomic E-state index is -0.227. The second-order valence-corrected chi connectivity index (χ2v) is 11.5. The van der Waals surface area contributed by atoms with Gasteiger partial charge in [-0.25, -0.2) is 4.98 Å². The number of imidazole rings is 1. The van der Waals surface area contributed by atoms with Crippen LogP contribution in [0.4, 0.5) is 0 Å². The van der Waals surface area contributed by atoms with Gasteiger partial charge in [0.15, 0.2) is 0 Å². The molecule has 212 valence electrons. The highest BCUT2D eigenvalue weighted by atomic mass is 35.5. The summed E-state index contributed by atoms with van der Waals surface area (Å²) in [4.78, 5) is 24.8. The molecule has 41 heavy (non-hydrogen) atoms. The van der Waals surface area contributed by atoms with Gasteiger partial charge >= 0.3 is 0 Å². The lowest BCUT2D eigenvalue weighted by atomic mass is 9.93. The number of pyridine rings is 1. The molecule has 2 aliphatic rings. The van der Waals surface area contributed by atoms with Gasteiger partial charge in [0.1, 0.15) is 0 Å². The van der Waals surface area contributed by atoms with E-state index >= 15 is 0 Å². The topological polar surface area (TPSA) is 75.1 Å². The van der Waals surface area contributed by atoms with Crippen LogP contribution in [-0.2, 0) is 37.1 Å². The van der Waals surface area contributed by atoms with Crippen molar-refractivity contribution >= 4 is 17.5 Å². The number of piperazine rings is 1. The van der Waals surface area contributed by atoms with E-state index < -0.39 is 0 Å². The van der Waals surface area contributed by atoms with Crippen LogP contribution in [0.3, 0.4) is 0 Å². The standard InChI is InChI=1S/C33H37ClN6O/c1-23-20-39(22-38-23)16-5-17-40(33(41)31-19-35-14-15-37-31)21-26-6-2-3-8-27(26)28-12-11-24-9-10-25-7-4-13-36-30(25)18-29(24)32(28)34/h2-4,6-8,11-13,20,22,31,35,37H,5,9-10,14-19,21H2,1H3. The summed E-state index contributed by atoms with van der Waals surface area (Å²) in [6.07, 6.45) is 9.28. The molecule has 0 saturated carbocycles. The average Bonchev–Trinajstić information content (AvgIpc) is 3.32. The summed E-state index contributed by atoms with van der Waals surface area (Å²) in [6, 6.07) is 16.7. The van der Waals surface area contributed by atoms with Gasteiger partial charge in [0.05, 0.1) is 23.1 Å². The van der Waals surface area contributed by atoms with Gasteiger partial charge in [0.25, 0.3) is 0 Å². The maximum absolute atomic E-state index is 13.8. The van der Waals surface area contributed by atoms with E-state index in [2.05, 4.69) is 61.6 Å². The fourth-order valence-corrected chi connectivity index (χ4v) is 6.42. The van der Waals surface area contributed by atoms with E-state index in [4.69, 9.17) is 11.6 Å². The Hall–Kier alpha value is -3.52. The first-order chi connectivity index (χ1) is 20.1. The molecule has 1 atom stereocenters. The second kappa shape index (κ2) is 12.6. The fourth-order valence-electron chi connectivity index (χ4n) is 6.07. The second-order valence-electron chi connectivity index (χ2n) is 11.1. The van der Waals surface area contributed by atoms with Crippen molar-refractivity contribution in [3.05, 3.63) is 106 Å². The number of carbonyl (C=O) groups excluding carboxylic acids is 1. The molecule has 2 aromatic carbocycles. The van der Waals surface area contributed by atoms with Crippen LogP contribution in [0.25, 0.3) is 11.1 Å². The van der Waals surface area contributed by atoms with Crippen LogP contribution in [0.5, 0.6) is 0 Å². The van der Waals surface area contributed by atoms with Gasteiger partial charge < -0.3 is 20.1 Å². The molecule has 1 amide bonds. The Labute approximate surface area is 247 Å². The predicted octanol–water partition coefficient (Wildman–Crippen LogP) is 4.58. The number of rotatable bonds is 8. The molecule has 7 nitrogen and oxygen atoms in total. The molecule has 1 aliphatic heterocycles. The lowest BCUT2D eigenvalue weighted by Gasteiger charge is -2.31. The van der Waals surface area contributed by atoms with Gasteiger partial charge in [-0.15, -0.1) is 0 Å². The number of aromatic nitrogens is 3. The van der Waals surface area contributed by atoms with Crippen LogP contribution in [0.1, 0.15) is 40.1 Å². The predicted molar refractivity (Wildman–Crippen MR) is 163 cm³/mol. The number of halogens is 1. The third-order valence-electron chi connectivity index (χ3n) is 8.26. The normalized spacial score (nSPS) is 16.5. The number of nitrogens with zero attached hydrogens (tertiary/aromatic N) is 4. The third-order valence-corrected chi connectivity index (χ3v) is 8.69. The first-order valence-corrected chi connectivity index (χ1v) is 15.0. The van der Waals surface area contributed by atoms with Crippen molar-refractivity contribution in [3.8, 4) is 11.1 Å². The molecule has 0 spiro atoms. The molecule has 0 radical (unpaired) electrons. The molecule has 1 saturated heterocycles. The van der Waals surface area contributed by atoms with E-state index in [0.29, 0.717) is 19.6 Å². The number of hydrogen-bond donors (Lipinski definition) is 2. The molecule has 2 aromatic heterocycles. The zero-order chi connectivity index (χ0) is 28.2. The van der Waals surface area contributed by atoms with Gasteiger partial charge in [-0.1, -0.05) is 54.1 Å². The number of carbonyl (C=O) groups is 1. The van der Waals surface area contributed by atoms with Crippen LogP contribution >= 0.6 is 11.6 Å². The van der Waals surface area contributed by atoms with Crippen molar-refractivity contribution in [2.75, 3.05) is 26.2 Å². The maximum atomic E-state index is 13.8. The minimum Gasteiger partial charge on any atom is -0.337 e. The van der Waals surface area contributed by atoms with Gasteiger partial charge in [0, 0.05) is 69.3 Å². The van der Waals surface area contributed by atoms with Crippen molar-refractivity contribution in [1.82, 2.24) is 30.1 Å².